The van der Waals surface area contributed by atoms with Crippen molar-refractivity contribution in [1.29, 1.82) is 0 Å². The minimum absolute atomic E-state index is 0. The Balaban J connectivity index is 0.00000162. The smallest absolute Gasteiger partial charge is 0.239 e. The molecular formula is C12H22Cl2N4O. The number of nitrogens with one attached hydrogen (secondary N) is 1. The molecule has 1 saturated heterocycles. The van der Waals surface area contributed by atoms with Crippen LogP contribution in [0.5, 0.6) is 0 Å². The highest BCUT2D eigenvalue weighted by molar-refractivity contribution is 5.85. The fourth-order valence-corrected chi connectivity index (χ4v) is 2.23. The molecule has 0 radical (unpaired) electrons. The second-order valence-electron chi connectivity index (χ2n) is 4.72. The van der Waals surface area contributed by atoms with Crippen LogP contribution in [-0.4, -0.2) is 40.2 Å². The van der Waals surface area contributed by atoms with Crippen LogP contribution in [0.3, 0.4) is 0 Å². The summed E-state index contributed by atoms with van der Waals surface area (Å²) in [7, 11) is 3.74. The second-order valence-corrected chi connectivity index (χ2v) is 4.72. The lowest BCUT2D eigenvalue weighted by Crippen LogP contribution is -2.46. The molecule has 2 heterocycles. The van der Waals surface area contributed by atoms with E-state index in [1.54, 1.807) is 15.8 Å². The number of aryl methyl sites for hydroxylation is 1. The zero-order valence-electron chi connectivity index (χ0n) is 11.3. The van der Waals surface area contributed by atoms with E-state index in [0.717, 1.165) is 24.9 Å². The standard InChI is InChI=1S/C12H20N4O.2ClH/c1-15(8-10-7-14-16(2)9-10)12(17)11-5-3-4-6-13-11;;/h7,9,11,13H,3-6,8H2,1-2H3;2*1H/t11-;;/m0../s1. The number of hydrogen-bond acceptors (Lipinski definition) is 3. The van der Waals surface area contributed by atoms with E-state index >= 15 is 0 Å². The number of aromatic nitrogens is 2. The van der Waals surface area contributed by atoms with Gasteiger partial charge < -0.3 is 10.2 Å². The van der Waals surface area contributed by atoms with E-state index in [1.165, 1.54) is 6.42 Å². The molecule has 7 heteroatoms. The number of likely N-dealkylation sites (N-methyl/N-ethyl adjacent to an activating group) is 1. The van der Waals surface area contributed by atoms with Crippen LogP contribution in [0.15, 0.2) is 12.4 Å². The largest absolute Gasteiger partial charge is 0.340 e. The fraction of sp³-hybridized carbons (Fsp3) is 0.667. The maximum atomic E-state index is 12.1. The van der Waals surface area contributed by atoms with Gasteiger partial charge in [-0.2, -0.15) is 5.10 Å². The van der Waals surface area contributed by atoms with Crippen molar-refractivity contribution in [2.24, 2.45) is 7.05 Å². The van der Waals surface area contributed by atoms with Gasteiger partial charge in [-0.3, -0.25) is 9.48 Å². The van der Waals surface area contributed by atoms with Crippen LogP contribution in [0.4, 0.5) is 0 Å². The van der Waals surface area contributed by atoms with Gasteiger partial charge in [0, 0.05) is 32.4 Å². The molecule has 110 valence electrons. The van der Waals surface area contributed by atoms with Gasteiger partial charge in [-0.15, -0.1) is 24.8 Å². The van der Waals surface area contributed by atoms with Gasteiger partial charge in [0.25, 0.3) is 0 Å². The first-order valence-corrected chi connectivity index (χ1v) is 6.12. The first-order chi connectivity index (χ1) is 8.16. The van der Waals surface area contributed by atoms with Crippen molar-refractivity contribution >= 4 is 30.7 Å². The van der Waals surface area contributed by atoms with E-state index in [1.807, 2.05) is 20.3 Å². The summed E-state index contributed by atoms with van der Waals surface area (Å²) >= 11 is 0. The molecule has 2 rings (SSSR count). The van der Waals surface area contributed by atoms with Gasteiger partial charge in [0.15, 0.2) is 0 Å². The Morgan fingerprint density at radius 2 is 2.26 bits per heavy atom. The molecule has 1 amide bonds. The van der Waals surface area contributed by atoms with Crippen molar-refractivity contribution in [3.63, 3.8) is 0 Å². The monoisotopic (exact) mass is 308 g/mol. The molecule has 19 heavy (non-hydrogen) atoms. The molecule has 5 nitrogen and oxygen atoms in total. The first kappa shape index (κ1) is 18.2. The molecule has 1 fully saturated rings. The molecule has 0 spiro atoms. The van der Waals surface area contributed by atoms with E-state index < -0.39 is 0 Å². The van der Waals surface area contributed by atoms with E-state index in [-0.39, 0.29) is 36.8 Å². The summed E-state index contributed by atoms with van der Waals surface area (Å²) in [5.41, 5.74) is 1.07. The van der Waals surface area contributed by atoms with Crippen molar-refractivity contribution in [1.82, 2.24) is 20.0 Å². The van der Waals surface area contributed by atoms with Gasteiger partial charge in [0.05, 0.1) is 12.2 Å². The third kappa shape index (κ3) is 5.01. The lowest BCUT2D eigenvalue weighted by Gasteiger charge is -2.27. The number of rotatable bonds is 3. The minimum Gasteiger partial charge on any atom is -0.340 e. The topological polar surface area (TPSA) is 50.2 Å². The highest BCUT2D eigenvalue weighted by atomic mass is 35.5. The maximum absolute atomic E-state index is 12.1. The summed E-state index contributed by atoms with van der Waals surface area (Å²) in [5.74, 6) is 0.188. The van der Waals surface area contributed by atoms with Gasteiger partial charge in [-0.25, -0.2) is 0 Å². The van der Waals surface area contributed by atoms with E-state index in [4.69, 9.17) is 0 Å². The van der Waals surface area contributed by atoms with Crippen molar-refractivity contribution in [2.75, 3.05) is 13.6 Å². The van der Waals surface area contributed by atoms with Crippen molar-refractivity contribution in [3.8, 4) is 0 Å². The maximum Gasteiger partial charge on any atom is 0.239 e. The van der Waals surface area contributed by atoms with Crippen LogP contribution < -0.4 is 5.32 Å². The SMILES string of the molecule is CN(Cc1cnn(C)c1)C(=O)[C@@H]1CCCCN1.Cl.Cl. The fourth-order valence-electron chi connectivity index (χ4n) is 2.23. The summed E-state index contributed by atoms with van der Waals surface area (Å²) in [6.45, 7) is 1.59. The molecule has 0 aliphatic carbocycles. The van der Waals surface area contributed by atoms with Crippen molar-refractivity contribution < 1.29 is 4.79 Å². The molecular weight excluding hydrogens is 287 g/mol. The Bertz CT molecular complexity index is 391. The number of carbonyl (C=O) groups is 1. The average Bonchev–Trinajstić information content (AvgIpc) is 2.75. The molecule has 1 aliphatic heterocycles. The summed E-state index contributed by atoms with van der Waals surface area (Å²) < 4.78 is 1.76. The van der Waals surface area contributed by atoms with Crippen LogP contribution in [0.1, 0.15) is 24.8 Å². The number of piperidine rings is 1. The van der Waals surface area contributed by atoms with Gasteiger partial charge >= 0.3 is 0 Å². The minimum atomic E-state index is 0. The van der Waals surface area contributed by atoms with Gasteiger partial charge in [-0.1, -0.05) is 6.42 Å². The van der Waals surface area contributed by atoms with Crippen LogP contribution >= 0.6 is 24.8 Å². The van der Waals surface area contributed by atoms with Crippen LogP contribution in [0, 0.1) is 0 Å². The summed E-state index contributed by atoms with van der Waals surface area (Å²) in [6, 6.07) is 0.00502. The second kappa shape index (κ2) is 8.40. The summed E-state index contributed by atoms with van der Waals surface area (Å²) in [5, 5.41) is 7.38. The van der Waals surface area contributed by atoms with E-state index in [2.05, 4.69) is 10.4 Å². The Morgan fingerprint density at radius 1 is 1.53 bits per heavy atom. The lowest BCUT2D eigenvalue weighted by molar-refractivity contribution is -0.133. The number of halogens is 2. The Kier molecular flexibility index (Phi) is 8.06. The van der Waals surface area contributed by atoms with Crippen LogP contribution in [-0.2, 0) is 18.4 Å². The number of carbonyl (C=O) groups excluding carboxylic acids is 1. The molecule has 0 unspecified atom stereocenters. The van der Waals surface area contributed by atoms with E-state index in [9.17, 15) is 4.79 Å². The average molecular weight is 309 g/mol. The normalized spacial score (nSPS) is 18.1. The highest BCUT2D eigenvalue weighted by Crippen LogP contribution is 2.11. The quantitative estimate of drug-likeness (QED) is 0.917. The zero-order chi connectivity index (χ0) is 12.3. The number of amides is 1. The van der Waals surface area contributed by atoms with Crippen molar-refractivity contribution in [2.45, 2.75) is 31.8 Å². The summed E-state index contributed by atoms with van der Waals surface area (Å²) in [6.07, 6.45) is 7.02. The highest BCUT2D eigenvalue weighted by Gasteiger charge is 2.23. The summed E-state index contributed by atoms with van der Waals surface area (Å²) in [4.78, 5) is 13.9. The third-order valence-electron chi connectivity index (χ3n) is 3.16. The van der Waals surface area contributed by atoms with E-state index in [0.29, 0.717) is 6.54 Å². The Hall–Kier alpha value is -0.780. The predicted molar refractivity (Wildman–Crippen MR) is 79.8 cm³/mol. The van der Waals surface area contributed by atoms with Crippen LogP contribution in [0.25, 0.3) is 0 Å². The predicted octanol–water partition coefficient (Wildman–Crippen LogP) is 1.36. The van der Waals surface area contributed by atoms with Gasteiger partial charge in [-0.05, 0) is 19.4 Å². The van der Waals surface area contributed by atoms with Crippen LogP contribution in [0.2, 0.25) is 0 Å². The molecule has 1 atom stereocenters. The van der Waals surface area contributed by atoms with Crippen molar-refractivity contribution in [3.05, 3.63) is 18.0 Å². The Labute approximate surface area is 126 Å². The van der Waals surface area contributed by atoms with Gasteiger partial charge in [0.2, 0.25) is 5.91 Å². The van der Waals surface area contributed by atoms with Gasteiger partial charge in [0.1, 0.15) is 0 Å². The molecule has 1 N–H and O–H groups in total. The number of nitrogens with zero attached hydrogens (tertiary/aromatic N) is 3. The molecule has 1 aliphatic rings. The molecule has 1 aromatic heterocycles. The molecule has 0 aromatic carbocycles. The molecule has 0 saturated carbocycles. The molecule has 0 bridgehead atoms. The number of hydrogen-bond donors (Lipinski definition) is 1. The molecule has 1 aromatic rings. The zero-order valence-corrected chi connectivity index (χ0v) is 13.0. The first-order valence-electron chi connectivity index (χ1n) is 6.12. The lowest BCUT2D eigenvalue weighted by atomic mass is 10.0. The Morgan fingerprint density at radius 3 is 2.79 bits per heavy atom. The third-order valence-corrected chi connectivity index (χ3v) is 3.16.